The highest BCUT2D eigenvalue weighted by atomic mass is 16.2. The van der Waals surface area contributed by atoms with E-state index in [1.54, 1.807) is 15.5 Å². The number of nitrogens with zero attached hydrogens (tertiary/aromatic N) is 4. The second kappa shape index (κ2) is 6.25. The maximum absolute atomic E-state index is 12.9. The van der Waals surface area contributed by atoms with Crippen LogP contribution in [-0.4, -0.2) is 33.0 Å². The number of aromatic nitrogens is 3. The van der Waals surface area contributed by atoms with Gasteiger partial charge in [0.05, 0.1) is 17.6 Å². The maximum Gasteiger partial charge on any atom is 0.261 e. The number of amides is 2. The summed E-state index contributed by atoms with van der Waals surface area (Å²) in [5.41, 5.74) is 3.99. The minimum atomic E-state index is -0.295. The molecule has 0 bridgehead atoms. The minimum absolute atomic E-state index is 0.0793. The fraction of sp³-hybridized carbons (Fsp3) is 0.263. The quantitative estimate of drug-likeness (QED) is 0.788. The van der Waals surface area contributed by atoms with Crippen molar-refractivity contribution in [3.05, 3.63) is 53.5 Å². The smallest absolute Gasteiger partial charge is 0.261 e. The van der Waals surface area contributed by atoms with E-state index in [4.69, 9.17) is 0 Å². The van der Waals surface area contributed by atoms with Crippen molar-refractivity contribution in [2.45, 2.75) is 26.7 Å². The summed E-state index contributed by atoms with van der Waals surface area (Å²) in [6.07, 6.45) is 2.89. The van der Waals surface area contributed by atoms with E-state index in [-0.39, 0.29) is 11.8 Å². The summed E-state index contributed by atoms with van der Waals surface area (Å²) in [5, 5.41) is 7.18. The average Bonchev–Trinajstić information content (AvgIpc) is 3.21. The highest BCUT2D eigenvalue weighted by molar-refractivity contribution is 6.10. The molecule has 4 rings (SSSR count). The predicted molar refractivity (Wildman–Crippen MR) is 98.4 cm³/mol. The Kier molecular flexibility index (Phi) is 3.91. The van der Waals surface area contributed by atoms with Crippen LogP contribution in [0.4, 0.5) is 11.4 Å². The molecule has 7 heteroatoms. The first-order valence-corrected chi connectivity index (χ1v) is 8.57. The molecule has 1 aliphatic rings. The molecule has 1 N–H and O–H groups in total. The van der Waals surface area contributed by atoms with Gasteiger partial charge in [0.25, 0.3) is 5.91 Å². The van der Waals surface area contributed by atoms with Gasteiger partial charge in [-0.25, -0.2) is 9.50 Å². The molecule has 1 aliphatic heterocycles. The number of para-hydroxylation sites is 2. The van der Waals surface area contributed by atoms with Crippen LogP contribution in [-0.2, 0) is 4.79 Å². The second-order valence-corrected chi connectivity index (χ2v) is 6.45. The van der Waals surface area contributed by atoms with E-state index >= 15 is 0 Å². The molecule has 0 spiro atoms. The van der Waals surface area contributed by atoms with Gasteiger partial charge >= 0.3 is 0 Å². The van der Waals surface area contributed by atoms with Crippen molar-refractivity contribution in [1.29, 1.82) is 0 Å². The molecule has 0 aliphatic carbocycles. The molecule has 7 nitrogen and oxygen atoms in total. The zero-order valence-electron chi connectivity index (χ0n) is 14.7. The Bertz CT molecular complexity index is 1020. The van der Waals surface area contributed by atoms with Crippen LogP contribution >= 0.6 is 0 Å². The molecule has 2 amide bonds. The number of nitrogens with one attached hydrogen (secondary N) is 1. The normalized spacial score (nSPS) is 14.2. The lowest BCUT2D eigenvalue weighted by Crippen LogP contribution is -2.25. The van der Waals surface area contributed by atoms with Crippen molar-refractivity contribution in [1.82, 2.24) is 14.6 Å². The molecular weight excluding hydrogens is 330 g/mol. The molecule has 3 aromatic rings. The predicted octanol–water partition coefficient (Wildman–Crippen LogP) is 2.73. The number of carbonyl (C=O) groups excluding carboxylic acids is 2. The van der Waals surface area contributed by atoms with Crippen molar-refractivity contribution in [2.24, 2.45) is 0 Å². The summed E-state index contributed by atoms with van der Waals surface area (Å²) in [6.45, 7) is 4.48. The third-order valence-corrected chi connectivity index (χ3v) is 4.54. The zero-order chi connectivity index (χ0) is 18.3. The molecule has 26 heavy (non-hydrogen) atoms. The third kappa shape index (κ3) is 2.71. The molecule has 0 atom stereocenters. The van der Waals surface area contributed by atoms with E-state index < -0.39 is 0 Å². The van der Waals surface area contributed by atoms with Gasteiger partial charge in [0.1, 0.15) is 5.56 Å². The Morgan fingerprint density at radius 3 is 2.81 bits per heavy atom. The van der Waals surface area contributed by atoms with E-state index in [9.17, 15) is 9.59 Å². The van der Waals surface area contributed by atoms with Crippen molar-refractivity contribution in [2.75, 3.05) is 16.8 Å². The largest absolute Gasteiger partial charge is 0.320 e. The molecule has 0 unspecified atom stereocenters. The van der Waals surface area contributed by atoms with Crippen molar-refractivity contribution < 1.29 is 9.59 Å². The SMILES string of the molecule is Cc1cc(C)n2ncc(C(=O)Nc3ccccc3N3CCCC3=O)c2n1. The number of aryl methyl sites for hydroxylation is 2. The number of rotatable bonds is 3. The maximum atomic E-state index is 12.9. The molecule has 3 heterocycles. The van der Waals surface area contributed by atoms with Gasteiger partial charge in [-0.05, 0) is 38.5 Å². The first kappa shape index (κ1) is 16.3. The van der Waals surface area contributed by atoms with E-state index in [1.807, 2.05) is 38.1 Å². The average molecular weight is 349 g/mol. The van der Waals surface area contributed by atoms with E-state index in [0.29, 0.717) is 29.9 Å². The van der Waals surface area contributed by atoms with Crippen molar-refractivity contribution in [3.8, 4) is 0 Å². The lowest BCUT2D eigenvalue weighted by atomic mass is 10.2. The Hall–Kier alpha value is -3.22. The lowest BCUT2D eigenvalue weighted by molar-refractivity contribution is -0.117. The van der Waals surface area contributed by atoms with Gasteiger partial charge in [-0.15, -0.1) is 0 Å². The Balaban J connectivity index is 1.69. The lowest BCUT2D eigenvalue weighted by Gasteiger charge is -2.19. The molecule has 0 radical (unpaired) electrons. The van der Waals surface area contributed by atoms with Crippen LogP contribution in [0, 0.1) is 13.8 Å². The zero-order valence-corrected chi connectivity index (χ0v) is 14.7. The molecule has 1 aromatic carbocycles. The number of hydrogen-bond acceptors (Lipinski definition) is 4. The molecule has 2 aromatic heterocycles. The number of hydrogen-bond donors (Lipinski definition) is 1. The topological polar surface area (TPSA) is 79.6 Å². The van der Waals surface area contributed by atoms with Crippen molar-refractivity contribution in [3.63, 3.8) is 0 Å². The summed E-state index contributed by atoms with van der Waals surface area (Å²) in [6, 6.07) is 9.26. The molecule has 0 saturated carbocycles. The van der Waals surface area contributed by atoms with Crippen LogP contribution in [0.15, 0.2) is 36.5 Å². The van der Waals surface area contributed by atoms with E-state index in [1.165, 1.54) is 6.20 Å². The van der Waals surface area contributed by atoms with E-state index in [0.717, 1.165) is 23.5 Å². The Morgan fingerprint density at radius 1 is 1.23 bits per heavy atom. The highest BCUT2D eigenvalue weighted by Crippen LogP contribution is 2.30. The fourth-order valence-electron chi connectivity index (χ4n) is 3.34. The molecular formula is C19H19N5O2. The number of anilines is 2. The third-order valence-electron chi connectivity index (χ3n) is 4.54. The fourth-order valence-corrected chi connectivity index (χ4v) is 3.34. The van der Waals surface area contributed by atoms with Gasteiger partial charge in [-0.1, -0.05) is 12.1 Å². The minimum Gasteiger partial charge on any atom is -0.320 e. The molecule has 132 valence electrons. The standard InChI is InChI=1S/C19H19N5O2/c1-12-10-13(2)24-18(21-12)14(11-20-24)19(26)22-15-6-3-4-7-16(15)23-9-5-8-17(23)25/h3-4,6-7,10-11H,5,8-9H2,1-2H3,(H,22,26). The van der Waals surface area contributed by atoms with Crippen molar-refractivity contribution >= 4 is 28.8 Å². The van der Waals surface area contributed by atoms with Crippen LogP contribution in [0.2, 0.25) is 0 Å². The van der Waals surface area contributed by atoms with Crippen LogP contribution in [0.25, 0.3) is 5.65 Å². The first-order valence-electron chi connectivity index (χ1n) is 8.57. The van der Waals surface area contributed by atoms with Gasteiger partial charge in [-0.2, -0.15) is 5.10 Å². The number of benzene rings is 1. The molecule has 1 saturated heterocycles. The van der Waals surface area contributed by atoms with Crippen LogP contribution in [0.5, 0.6) is 0 Å². The van der Waals surface area contributed by atoms with Gasteiger partial charge in [-0.3, -0.25) is 9.59 Å². The summed E-state index contributed by atoms with van der Waals surface area (Å²) in [5.74, 6) is -0.216. The summed E-state index contributed by atoms with van der Waals surface area (Å²) in [4.78, 5) is 31.1. The van der Waals surface area contributed by atoms with Gasteiger partial charge < -0.3 is 10.2 Å². The van der Waals surface area contributed by atoms with Gasteiger partial charge in [0.15, 0.2) is 5.65 Å². The van der Waals surface area contributed by atoms with Gasteiger partial charge in [0, 0.05) is 24.4 Å². The summed E-state index contributed by atoms with van der Waals surface area (Å²) >= 11 is 0. The second-order valence-electron chi connectivity index (χ2n) is 6.45. The monoisotopic (exact) mass is 349 g/mol. The Labute approximate surface area is 150 Å². The first-order chi connectivity index (χ1) is 12.5. The van der Waals surface area contributed by atoms with Crippen LogP contribution in [0.1, 0.15) is 34.6 Å². The van der Waals surface area contributed by atoms with Crippen LogP contribution < -0.4 is 10.2 Å². The Morgan fingerprint density at radius 2 is 2.04 bits per heavy atom. The highest BCUT2D eigenvalue weighted by Gasteiger charge is 2.25. The van der Waals surface area contributed by atoms with Crippen LogP contribution in [0.3, 0.4) is 0 Å². The summed E-state index contributed by atoms with van der Waals surface area (Å²) in [7, 11) is 0. The number of carbonyl (C=O) groups is 2. The van der Waals surface area contributed by atoms with Gasteiger partial charge in [0.2, 0.25) is 5.91 Å². The summed E-state index contributed by atoms with van der Waals surface area (Å²) < 4.78 is 1.65. The number of fused-ring (bicyclic) bond motifs is 1. The molecule has 1 fully saturated rings. The van der Waals surface area contributed by atoms with E-state index in [2.05, 4.69) is 15.4 Å².